The van der Waals surface area contributed by atoms with Crippen LogP contribution >= 0.6 is 23.1 Å². The minimum absolute atomic E-state index is 0.189. The number of aryl methyl sites for hydroxylation is 1. The Morgan fingerprint density at radius 3 is 2.71 bits per heavy atom. The number of halogens is 1. The van der Waals surface area contributed by atoms with Crippen molar-refractivity contribution in [2.45, 2.75) is 10.6 Å². The highest BCUT2D eigenvalue weighted by atomic mass is 35.5. The lowest BCUT2D eigenvalue weighted by molar-refractivity contribution is 0.595. The summed E-state index contributed by atoms with van der Waals surface area (Å²) in [5, 5.41) is 5.31. The van der Waals surface area contributed by atoms with Crippen LogP contribution in [0.25, 0.3) is 28.0 Å². The zero-order chi connectivity index (χ0) is 21.6. The smallest absolute Gasteiger partial charge is 0.185 e. The fourth-order valence-electron chi connectivity index (χ4n) is 3.44. The van der Waals surface area contributed by atoms with Crippen LogP contribution in [0.1, 0.15) is 5.01 Å². The predicted octanol–water partition coefficient (Wildman–Crippen LogP) is 3.90. The van der Waals surface area contributed by atoms with Gasteiger partial charge in [-0.25, -0.2) is 18.4 Å². The van der Waals surface area contributed by atoms with Gasteiger partial charge in [0.2, 0.25) is 0 Å². The molecule has 5 aromatic rings. The third kappa shape index (κ3) is 3.62. The van der Waals surface area contributed by atoms with Gasteiger partial charge in [-0.1, -0.05) is 11.6 Å². The predicted molar refractivity (Wildman–Crippen MR) is 119 cm³/mol. The Morgan fingerprint density at radius 1 is 1.10 bits per heavy atom. The van der Waals surface area contributed by atoms with Gasteiger partial charge >= 0.3 is 0 Å². The van der Waals surface area contributed by atoms with Crippen molar-refractivity contribution in [1.82, 2.24) is 28.7 Å². The van der Waals surface area contributed by atoms with Crippen molar-refractivity contribution < 1.29 is 8.42 Å². The first-order chi connectivity index (χ1) is 14.9. The number of hydrogen-bond acceptors (Lipinski definition) is 7. The average molecular weight is 471 g/mol. The Labute approximate surface area is 186 Å². The second-order valence-electron chi connectivity index (χ2n) is 6.86. The zero-order valence-corrected chi connectivity index (χ0v) is 18.6. The zero-order valence-electron chi connectivity index (χ0n) is 16.2. The molecule has 31 heavy (non-hydrogen) atoms. The largest absolute Gasteiger partial charge is 0.298 e. The monoisotopic (exact) mass is 470 g/mol. The molecule has 0 aliphatic heterocycles. The lowest BCUT2D eigenvalue weighted by atomic mass is 10.1. The van der Waals surface area contributed by atoms with E-state index in [9.17, 15) is 8.42 Å². The van der Waals surface area contributed by atoms with Crippen molar-refractivity contribution in [3.8, 4) is 16.9 Å². The van der Waals surface area contributed by atoms with Crippen molar-refractivity contribution in [2.75, 3.05) is 0 Å². The molecule has 0 N–H and O–H groups in total. The lowest BCUT2D eigenvalue weighted by Crippen LogP contribution is -2.05. The minimum atomic E-state index is -3.56. The van der Waals surface area contributed by atoms with Gasteiger partial charge < -0.3 is 0 Å². The Bertz CT molecular complexity index is 1510. The number of benzene rings is 2. The summed E-state index contributed by atoms with van der Waals surface area (Å²) in [4.78, 5) is 8.62. The molecule has 0 saturated carbocycles. The Hall–Kier alpha value is -3.08. The van der Waals surface area contributed by atoms with Gasteiger partial charge in [-0.15, -0.1) is 0 Å². The highest BCUT2D eigenvalue weighted by Crippen LogP contribution is 2.32. The summed E-state index contributed by atoms with van der Waals surface area (Å²) >= 11 is 7.34. The molecule has 0 fully saturated rings. The van der Waals surface area contributed by atoms with E-state index in [1.54, 1.807) is 35.4 Å². The molecule has 0 saturated heterocycles. The van der Waals surface area contributed by atoms with Gasteiger partial charge in [0.25, 0.3) is 0 Å². The van der Waals surface area contributed by atoms with Crippen molar-refractivity contribution in [3.05, 3.63) is 71.3 Å². The Kier molecular flexibility index (Phi) is 4.84. The van der Waals surface area contributed by atoms with E-state index >= 15 is 0 Å². The number of aromatic nitrogens is 6. The highest BCUT2D eigenvalue weighted by molar-refractivity contribution is 7.90. The van der Waals surface area contributed by atoms with Crippen molar-refractivity contribution in [3.63, 3.8) is 0 Å². The summed E-state index contributed by atoms with van der Waals surface area (Å²) in [6, 6.07) is 12.4. The van der Waals surface area contributed by atoms with Crippen LogP contribution in [0.3, 0.4) is 0 Å². The van der Waals surface area contributed by atoms with Crippen LogP contribution in [-0.4, -0.2) is 37.1 Å². The fraction of sp³-hybridized carbons (Fsp3) is 0.100. The molecule has 0 amide bonds. The van der Waals surface area contributed by atoms with E-state index in [1.165, 1.54) is 6.33 Å². The van der Waals surface area contributed by atoms with E-state index in [0.29, 0.717) is 15.5 Å². The van der Waals surface area contributed by atoms with Gasteiger partial charge in [0, 0.05) is 23.8 Å². The first-order valence-corrected chi connectivity index (χ1v) is 12.0. The van der Waals surface area contributed by atoms with Crippen LogP contribution in [0.15, 0.2) is 66.2 Å². The number of hydrogen-bond donors (Lipinski definition) is 0. The summed E-state index contributed by atoms with van der Waals surface area (Å²) in [5.74, 6) is -0.189. The molecule has 0 atom stereocenters. The first kappa shape index (κ1) is 19.9. The number of sulfone groups is 1. The van der Waals surface area contributed by atoms with E-state index in [0.717, 1.165) is 34.0 Å². The molecule has 0 spiro atoms. The van der Waals surface area contributed by atoms with Crippen LogP contribution in [0.4, 0.5) is 0 Å². The summed E-state index contributed by atoms with van der Waals surface area (Å²) < 4.78 is 33.1. The molecule has 156 valence electrons. The molecule has 3 heterocycles. The standard InChI is InChI=1S/C20H15ClN6O2S2/c1-26-17(6-7-24-26)15-8-13(21)2-4-18(15)27-12-23-16-9-14(3-5-19(16)27)31(28,29)10-20-22-11-25-30-20/h2-9,11-12H,10H2,1H3. The van der Waals surface area contributed by atoms with E-state index in [1.807, 2.05) is 35.9 Å². The molecular formula is C20H15ClN6O2S2. The van der Waals surface area contributed by atoms with Gasteiger partial charge in [0.05, 0.1) is 27.3 Å². The molecule has 3 aromatic heterocycles. The lowest BCUT2D eigenvalue weighted by Gasteiger charge is -2.12. The topological polar surface area (TPSA) is 95.6 Å². The Balaban J connectivity index is 1.60. The van der Waals surface area contributed by atoms with Crippen molar-refractivity contribution >= 4 is 44.0 Å². The molecule has 0 radical (unpaired) electrons. The molecular weight excluding hydrogens is 456 g/mol. The second-order valence-corrected chi connectivity index (χ2v) is 10.2. The molecule has 2 aromatic carbocycles. The van der Waals surface area contributed by atoms with Crippen LogP contribution in [-0.2, 0) is 22.6 Å². The Morgan fingerprint density at radius 2 is 1.97 bits per heavy atom. The van der Waals surface area contributed by atoms with Crippen LogP contribution in [0.2, 0.25) is 5.02 Å². The van der Waals surface area contributed by atoms with Crippen LogP contribution in [0.5, 0.6) is 0 Å². The molecule has 0 bridgehead atoms. The summed E-state index contributed by atoms with van der Waals surface area (Å²) in [7, 11) is -1.69. The summed E-state index contributed by atoms with van der Waals surface area (Å²) in [6.07, 6.45) is 4.75. The number of nitrogens with zero attached hydrogens (tertiary/aromatic N) is 6. The van der Waals surface area contributed by atoms with Gasteiger partial charge in [0.15, 0.2) is 9.84 Å². The average Bonchev–Trinajstić information content (AvgIpc) is 3.48. The van der Waals surface area contributed by atoms with Crippen molar-refractivity contribution in [2.24, 2.45) is 7.05 Å². The van der Waals surface area contributed by atoms with Crippen molar-refractivity contribution in [1.29, 1.82) is 0 Å². The van der Waals surface area contributed by atoms with Gasteiger partial charge in [0.1, 0.15) is 23.4 Å². The maximum atomic E-state index is 12.8. The third-order valence-corrected chi connectivity index (χ3v) is 7.62. The molecule has 8 nitrogen and oxygen atoms in total. The molecule has 11 heteroatoms. The fourth-order valence-corrected chi connectivity index (χ4v) is 5.74. The summed E-state index contributed by atoms with van der Waals surface area (Å²) in [6.45, 7) is 0. The van der Waals surface area contributed by atoms with Gasteiger partial charge in [-0.3, -0.25) is 9.25 Å². The molecule has 0 aliphatic carbocycles. The normalized spacial score (nSPS) is 11.9. The minimum Gasteiger partial charge on any atom is -0.298 e. The summed E-state index contributed by atoms with van der Waals surface area (Å²) in [5.41, 5.74) is 4.00. The third-order valence-electron chi connectivity index (χ3n) is 4.91. The highest BCUT2D eigenvalue weighted by Gasteiger charge is 2.20. The molecule has 0 unspecified atom stereocenters. The van der Waals surface area contributed by atoms with E-state index < -0.39 is 9.84 Å². The second kappa shape index (κ2) is 7.56. The van der Waals surface area contributed by atoms with E-state index in [-0.39, 0.29) is 10.6 Å². The van der Waals surface area contributed by atoms with Gasteiger partial charge in [-0.05, 0) is 54.0 Å². The molecule has 0 aliphatic rings. The number of rotatable bonds is 5. The number of fused-ring (bicyclic) bond motifs is 1. The molecule has 5 rings (SSSR count). The number of imidazole rings is 1. The van der Waals surface area contributed by atoms with Crippen LogP contribution < -0.4 is 0 Å². The SMILES string of the molecule is Cn1nccc1-c1cc(Cl)ccc1-n1cnc2cc(S(=O)(=O)Cc3ncns3)ccc21. The maximum Gasteiger partial charge on any atom is 0.185 e. The maximum absolute atomic E-state index is 12.8. The van der Waals surface area contributed by atoms with Crippen LogP contribution in [0, 0.1) is 0 Å². The van der Waals surface area contributed by atoms with Gasteiger partial charge in [-0.2, -0.15) is 9.47 Å². The quantitative estimate of drug-likeness (QED) is 0.386. The van der Waals surface area contributed by atoms with E-state index in [4.69, 9.17) is 11.6 Å². The van der Waals surface area contributed by atoms with E-state index in [2.05, 4.69) is 19.4 Å². The first-order valence-electron chi connectivity index (χ1n) is 9.16.